The Morgan fingerprint density at radius 3 is 2.19 bits per heavy atom. The van der Waals surface area contributed by atoms with Gasteiger partial charge in [0.25, 0.3) is 0 Å². The van der Waals surface area contributed by atoms with Crippen LogP contribution in [0.5, 0.6) is 0 Å². The maximum Gasteiger partial charge on any atom is 0.322 e. The first kappa shape index (κ1) is 36.5. The lowest BCUT2D eigenvalue weighted by molar-refractivity contribution is -0.142. The Morgan fingerprint density at radius 2 is 1.60 bits per heavy atom. The molecule has 0 aromatic carbocycles. The van der Waals surface area contributed by atoms with Gasteiger partial charge in [0.2, 0.25) is 35.4 Å². The second kappa shape index (κ2) is 18.1. The molecule has 0 bridgehead atoms. The minimum Gasteiger partial charge on any atom is -0.480 e. The van der Waals surface area contributed by atoms with Crippen LogP contribution >= 0.6 is 0 Å². The van der Waals surface area contributed by atoms with Crippen molar-refractivity contribution in [2.75, 3.05) is 32.8 Å². The highest BCUT2D eigenvalue weighted by Gasteiger charge is 2.38. The van der Waals surface area contributed by atoms with Crippen molar-refractivity contribution in [3.05, 3.63) is 0 Å². The van der Waals surface area contributed by atoms with Crippen LogP contribution in [-0.2, 0) is 33.6 Å². The van der Waals surface area contributed by atoms with Crippen molar-refractivity contribution in [3.8, 4) is 0 Å². The van der Waals surface area contributed by atoms with Gasteiger partial charge in [-0.05, 0) is 39.5 Å². The number of carbonyl (C=O) groups is 7. The Balaban J connectivity index is 2.87. The van der Waals surface area contributed by atoms with Crippen molar-refractivity contribution >= 4 is 47.4 Å². The van der Waals surface area contributed by atoms with Crippen LogP contribution in [0, 0.1) is 0 Å². The summed E-state index contributed by atoms with van der Waals surface area (Å²) in [6.45, 7) is 1.26. The molecule has 1 heterocycles. The number of guanidine groups is 1. The molecule has 13 N–H and O–H groups in total. The summed E-state index contributed by atoms with van der Waals surface area (Å²) in [5.41, 5.74) is 15.8. The zero-order valence-corrected chi connectivity index (χ0v) is 24.1. The molecule has 43 heavy (non-hydrogen) atoms. The number of carboxylic acids is 1. The van der Waals surface area contributed by atoms with Crippen LogP contribution in [0.25, 0.3) is 0 Å². The molecule has 0 aliphatic carbocycles. The number of hydrogen-bond donors (Lipinski definition) is 10. The molecule has 0 radical (unpaired) electrons. The third kappa shape index (κ3) is 12.5. The lowest BCUT2D eigenvalue weighted by Gasteiger charge is -2.29. The highest BCUT2D eigenvalue weighted by molar-refractivity contribution is 5.96. The van der Waals surface area contributed by atoms with E-state index >= 15 is 0 Å². The molecule has 6 amide bonds. The maximum atomic E-state index is 13.1. The predicted octanol–water partition coefficient (Wildman–Crippen LogP) is -5.84. The van der Waals surface area contributed by atoms with Gasteiger partial charge in [-0.1, -0.05) is 0 Å². The van der Waals surface area contributed by atoms with E-state index in [2.05, 4.69) is 31.6 Å². The molecule has 19 heteroatoms. The molecule has 0 unspecified atom stereocenters. The molecule has 1 aliphatic heterocycles. The van der Waals surface area contributed by atoms with Crippen LogP contribution in [0.4, 0.5) is 0 Å². The average molecular weight is 615 g/mol. The molecule has 0 saturated carbocycles. The number of likely N-dealkylation sites (tertiary alicyclic amines) is 1. The molecule has 1 saturated heterocycles. The largest absolute Gasteiger partial charge is 0.480 e. The quantitative estimate of drug-likeness (QED) is 0.0416. The first-order chi connectivity index (χ1) is 20.2. The summed E-state index contributed by atoms with van der Waals surface area (Å²) in [6, 6.07) is -5.79. The number of aliphatic hydroxyl groups is 1. The highest BCUT2D eigenvalue weighted by atomic mass is 16.4. The zero-order chi connectivity index (χ0) is 32.7. The van der Waals surface area contributed by atoms with E-state index in [0.717, 1.165) is 0 Å². The zero-order valence-electron chi connectivity index (χ0n) is 24.1. The fourth-order valence-electron chi connectivity index (χ4n) is 4.11. The van der Waals surface area contributed by atoms with Gasteiger partial charge in [-0.15, -0.1) is 0 Å². The van der Waals surface area contributed by atoms with Crippen LogP contribution in [0.2, 0.25) is 0 Å². The number of nitrogens with two attached hydrogens (primary N) is 3. The second-order valence-corrected chi connectivity index (χ2v) is 9.78. The summed E-state index contributed by atoms with van der Waals surface area (Å²) in [7, 11) is 0. The van der Waals surface area contributed by atoms with Crippen LogP contribution in [0.15, 0.2) is 4.99 Å². The fourth-order valence-corrected chi connectivity index (χ4v) is 4.11. The summed E-state index contributed by atoms with van der Waals surface area (Å²) in [5.74, 6) is -5.76. The van der Waals surface area contributed by atoms with Gasteiger partial charge in [0, 0.05) is 13.1 Å². The monoisotopic (exact) mass is 614 g/mol. The van der Waals surface area contributed by atoms with E-state index in [9.17, 15) is 38.7 Å². The summed E-state index contributed by atoms with van der Waals surface area (Å²) in [4.78, 5) is 91.2. The number of aliphatic hydroxyl groups excluding tert-OH is 1. The third-order valence-electron chi connectivity index (χ3n) is 6.33. The number of rotatable bonds is 17. The van der Waals surface area contributed by atoms with E-state index in [1.54, 1.807) is 0 Å². The Bertz CT molecular complexity index is 1070. The number of hydrogen-bond acceptors (Lipinski definition) is 10. The minimum atomic E-state index is -1.51. The second-order valence-electron chi connectivity index (χ2n) is 9.78. The molecule has 1 aliphatic rings. The Labute approximate surface area is 247 Å². The summed E-state index contributed by atoms with van der Waals surface area (Å²) in [5, 5.41) is 30.4. The highest BCUT2D eigenvalue weighted by Crippen LogP contribution is 2.19. The lowest BCUT2D eigenvalue weighted by Crippen LogP contribution is -2.59. The SMILES string of the molecule is C[C@H](NC(=O)CN)C(=O)N[C@@H](C)C(=O)N1CCC[C@H]1C(=O)N[C@@H](CO)C(=O)N[C@@H](CCCN=C(N)N)C(=O)NCC(=O)O. The topological polar surface area (TPSA) is 314 Å². The van der Waals surface area contributed by atoms with Crippen molar-refractivity contribution in [1.29, 1.82) is 0 Å². The van der Waals surface area contributed by atoms with Crippen molar-refractivity contribution < 1.29 is 43.8 Å². The number of aliphatic imine (C=N–C) groups is 1. The van der Waals surface area contributed by atoms with Gasteiger partial charge in [-0.25, -0.2) is 0 Å². The number of nitrogens with zero attached hydrogens (tertiary/aromatic N) is 2. The summed E-state index contributed by atoms with van der Waals surface area (Å²) >= 11 is 0. The lowest BCUT2D eigenvalue weighted by atomic mass is 10.1. The van der Waals surface area contributed by atoms with Crippen LogP contribution in [-0.4, -0.2) is 125 Å². The van der Waals surface area contributed by atoms with E-state index in [-0.39, 0.29) is 44.9 Å². The summed E-state index contributed by atoms with van der Waals surface area (Å²) in [6.07, 6.45) is 0.922. The van der Waals surface area contributed by atoms with Crippen molar-refractivity contribution in [2.24, 2.45) is 22.2 Å². The van der Waals surface area contributed by atoms with Gasteiger partial charge >= 0.3 is 5.97 Å². The molecule has 0 aromatic heterocycles. The Hall–Kier alpha value is -4.52. The van der Waals surface area contributed by atoms with E-state index in [1.165, 1.54) is 18.7 Å². The molecule has 1 fully saturated rings. The molecule has 242 valence electrons. The number of nitrogens with one attached hydrogen (secondary N) is 5. The van der Waals surface area contributed by atoms with Gasteiger partial charge < -0.3 is 58.9 Å². The Morgan fingerprint density at radius 1 is 0.930 bits per heavy atom. The number of carbonyl (C=O) groups excluding carboxylic acids is 6. The Kier molecular flexibility index (Phi) is 15.4. The van der Waals surface area contributed by atoms with Crippen LogP contribution in [0.3, 0.4) is 0 Å². The summed E-state index contributed by atoms with van der Waals surface area (Å²) < 4.78 is 0. The minimum absolute atomic E-state index is 0.00308. The smallest absolute Gasteiger partial charge is 0.322 e. The van der Waals surface area contributed by atoms with E-state index in [1.807, 2.05) is 0 Å². The molecule has 5 atom stereocenters. The number of amides is 6. The number of carboxylic acid groups (broad SMARTS) is 1. The average Bonchev–Trinajstić information content (AvgIpc) is 3.45. The fraction of sp³-hybridized carbons (Fsp3) is 0.667. The van der Waals surface area contributed by atoms with Crippen LogP contribution in [0.1, 0.15) is 39.5 Å². The first-order valence-electron chi connectivity index (χ1n) is 13.6. The van der Waals surface area contributed by atoms with Gasteiger partial charge in [0.1, 0.15) is 36.8 Å². The standard InChI is InChI=1S/C24H42N10O9/c1-12(30-17(36)9-25)19(39)31-13(2)23(43)34-8-4-6-16(34)22(42)33-15(11-35)21(41)32-14(5-3-7-28-24(26)27)20(40)29-10-18(37)38/h12-16,35H,3-11,25H2,1-2H3,(H,29,40)(H,30,36)(H,31,39)(H,32,41)(H,33,42)(H,37,38)(H4,26,27,28)/t12-,13-,14-,15-,16-/m0/s1. The predicted molar refractivity (Wildman–Crippen MR) is 151 cm³/mol. The molecule has 19 nitrogen and oxygen atoms in total. The molecule has 0 spiro atoms. The van der Waals surface area contributed by atoms with E-state index < -0.39 is 84.8 Å². The van der Waals surface area contributed by atoms with E-state index in [4.69, 9.17) is 22.3 Å². The molecular weight excluding hydrogens is 572 g/mol. The van der Waals surface area contributed by atoms with Gasteiger partial charge in [-0.2, -0.15) is 0 Å². The van der Waals surface area contributed by atoms with Gasteiger partial charge in [-0.3, -0.25) is 38.6 Å². The van der Waals surface area contributed by atoms with Crippen molar-refractivity contribution in [1.82, 2.24) is 31.5 Å². The molecule has 0 aromatic rings. The van der Waals surface area contributed by atoms with Crippen molar-refractivity contribution in [2.45, 2.75) is 69.7 Å². The van der Waals surface area contributed by atoms with Crippen molar-refractivity contribution in [3.63, 3.8) is 0 Å². The molecular formula is C24H42N10O9. The maximum absolute atomic E-state index is 13.1. The first-order valence-corrected chi connectivity index (χ1v) is 13.6. The van der Waals surface area contributed by atoms with E-state index in [0.29, 0.717) is 6.42 Å². The third-order valence-corrected chi connectivity index (χ3v) is 6.33. The van der Waals surface area contributed by atoms with Crippen LogP contribution < -0.4 is 43.8 Å². The molecule has 1 rings (SSSR count). The number of aliphatic carboxylic acids is 1. The van der Waals surface area contributed by atoms with Gasteiger partial charge in [0.15, 0.2) is 5.96 Å². The normalized spacial score (nSPS) is 16.9. The van der Waals surface area contributed by atoms with Gasteiger partial charge in [0.05, 0.1) is 13.2 Å².